The van der Waals surface area contributed by atoms with Gasteiger partial charge in [0, 0.05) is 23.9 Å². The van der Waals surface area contributed by atoms with Crippen molar-refractivity contribution in [2.24, 2.45) is 12.8 Å². The summed E-state index contributed by atoms with van der Waals surface area (Å²) in [5, 5.41) is 7.48. The fourth-order valence-corrected chi connectivity index (χ4v) is 4.14. The van der Waals surface area contributed by atoms with E-state index < -0.39 is 0 Å². The maximum atomic E-state index is 12.6. The van der Waals surface area contributed by atoms with Crippen molar-refractivity contribution in [3.63, 3.8) is 0 Å². The molecular weight excluding hydrogens is 428 g/mol. The number of aromatic nitrogens is 2. The van der Waals surface area contributed by atoms with Crippen molar-refractivity contribution in [2.75, 3.05) is 5.32 Å². The summed E-state index contributed by atoms with van der Waals surface area (Å²) in [5.74, 6) is -0.637. The topological polar surface area (TPSA) is 99.2 Å². The number of hydrogen-bond donors (Lipinski definition) is 2. The average Bonchev–Trinajstić information content (AvgIpc) is 3.13. The van der Waals surface area contributed by atoms with Gasteiger partial charge in [-0.1, -0.05) is 41.9 Å². The van der Waals surface area contributed by atoms with Crippen LogP contribution >= 0.6 is 11.6 Å². The van der Waals surface area contributed by atoms with Crippen LogP contribution in [0.15, 0.2) is 48.5 Å². The first-order valence-corrected chi connectivity index (χ1v) is 10.6. The van der Waals surface area contributed by atoms with Crippen molar-refractivity contribution in [1.29, 1.82) is 0 Å². The molecule has 32 heavy (non-hydrogen) atoms. The summed E-state index contributed by atoms with van der Waals surface area (Å²) in [5.41, 5.74) is 9.03. The minimum atomic E-state index is -0.379. The predicted molar refractivity (Wildman–Crippen MR) is 125 cm³/mol. The number of carbonyl (C=O) groups excluding carboxylic acids is 2. The van der Waals surface area contributed by atoms with Gasteiger partial charge in [0.05, 0.1) is 23.0 Å². The number of halogens is 1. The smallest absolute Gasteiger partial charge is 0.260 e. The number of hydrogen-bond acceptors (Lipinski definition) is 4. The van der Waals surface area contributed by atoms with Crippen molar-refractivity contribution >= 4 is 29.1 Å². The summed E-state index contributed by atoms with van der Waals surface area (Å²) in [6.07, 6.45) is -0.0815. The molecule has 0 saturated heterocycles. The van der Waals surface area contributed by atoms with E-state index >= 15 is 0 Å². The second kappa shape index (κ2) is 9.14. The largest absolute Gasteiger partial charge is 0.366 e. The van der Waals surface area contributed by atoms with E-state index in [0.29, 0.717) is 22.0 Å². The van der Waals surface area contributed by atoms with E-state index in [1.807, 2.05) is 45.0 Å². The number of aryl methyl sites for hydroxylation is 2. The van der Waals surface area contributed by atoms with Crippen molar-refractivity contribution in [2.45, 2.75) is 39.4 Å². The number of benzene rings is 2. The summed E-state index contributed by atoms with van der Waals surface area (Å²) in [6.45, 7) is 7.82. The average molecular weight is 455 g/mol. The lowest BCUT2D eigenvalue weighted by atomic mass is 9.93. The minimum Gasteiger partial charge on any atom is -0.366 e. The Morgan fingerprint density at radius 3 is 2.34 bits per heavy atom. The molecule has 2 heterocycles. The molecule has 3 aromatic rings. The first-order valence-electron chi connectivity index (χ1n) is 10.2. The predicted octanol–water partition coefficient (Wildman–Crippen LogP) is 4.75. The fraction of sp³-hybridized carbons (Fsp3) is 0.292. The van der Waals surface area contributed by atoms with Gasteiger partial charge in [-0.05, 0) is 51.5 Å². The number of ether oxygens (including phenoxy) is 1. The summed E-state index contributed by atoms with van der Waals surface area (Å²) >= 11 is 6.18. The van der Waals surface area contributed by atoms with Crippen molar-refractivity contribution in [1.82, 2.24) is 9.78 Å². The summed E-state index contributed by atoms with van der Waals surface area (Å²) in [4.78, 5) is 23.1. The van der Waals surface area contributed by atoms with Crippen LogP contribution in [0.4, 0.5) is 5.69 Å². The Kier molecular flexibility index (Phi) is 6.71. The van der Waals surface area contributed by atoms with E-state index in [1.54, 1.807) is 38.2 Å². The van der Waals surface area contributed by atoms with Gasteiger partial charge in [-0.2, -0.15) is 5.10 Å². The van der Waals surface area contributed by atoms with Crippen LogP contribution in [-0.4, -0.2) is 21.6 Å². The second-order valence-electron chi connectivity index (χ2n) is 8.10. The molecular formula is C24H27ClN4O3. The lowest BCUT2D eigenvalue weighted by Gasteiger charge is -2.19. The van der Waals surface area contributed by atoms with Gasteiger partial charge < -0.3 is 15.8 Å². The number of rotatable bonds is 3. The number of fused-ring (bicyclic) bond motifs is 1. The van der Waals surface area contributed by atoms with E-state index in [1.165, 1.54) is 4.68 Å². The fourth-order valence-electron chi connectivity index (χ4n) is 3.88. The van der Waals surface area contributed by atoms with Gasteiger partial charge in [0.25, 0.3) is 5.91 Å². The third-order valence-electron chi connectivity index (χ3n) is 5.32. The number of primary amides is 1. The Labute approximate surface area is 192 Å². The van der Waals surface area contributed by atoms with Gasteiger partial charge in [0.2, 0.25) is 5.91 Å². The SMILES string of the molecule is Cc1nn(C)c(Cl)c1C(=O)Nc1cccc2c1C(C)OC2(C)C.NC(=O)c1ccccc1. The molecule has 0 spiro atoms. The van der Waals surface area contributed by atoms with E-state index in [0.717, 1.165) is 16.8 Å². The third-order valence-corrected chi connectivity index (χ3v) is 5.75. The van der Waals surface area contributed by atoms with Crippen LogP contribution in [0.1, 0.15) is 64.4 Å². The zero-order valence-corrected chi connectivity index (χ0v) is 19.5. The molecule has 8 heteroatoms. The van der Waals surface area contributed by atoms with E-state index in [2.05, 4.69) is 10.4 Å². The Bertz CT molecular complexity index is 1160. The van der Waals surface area contributed by atoms with Gasteiger partial charge in [0.1, 0.15) is 5.15 Å². The zero-order chi connectivity index (χ0) is 23.6. The van der Waals surface area contributed by atoms with Crippen LogP contribution in [0, 0.1) is 6.92 Å². The van der Waals surface area contributed by atoms with Crippen molar-refractivity contribution < 1.29 is 14.3 Å². The van der Waals surface area contributed by atoms with Gasteiger partial charge in [-0.3, -0.25) is 14.3 Å². The maximum absolute atomic E-state index is 12.6. The molecule has 0 radical (unpaired) electrons. The second-order valence-corrected chi connectivity index (χ2v) is 8.45. The molecule has 1 aliphatic rings. The Hall–Kier alpha value is -3.16. The molecule has 1 atom stereocenters. The highest BCUT2D eigenvalue weighted by Gasteiger charge is 2.37. The van der Waals surface area contributed by atoms with E-state index in [9.17, 15) is 9.59 Å². The van der Waals surface area contributed by atoms with Gasteiger partial charge in [0.15, 0.2) is 0 Å². The molecule has 2 aromatic carbocycles. The highest BCUT2D eigenvalue weighted by Crippen LogP contribution is 2.46. The van der Waals surface area contributed by atoms with Crippen LogP contribution in [-0.2, 0) is 17.4 Å². The molecule has 0 saturated carbocycles. The molecule has 0 bridgehead atoms. The number of anilines is 1. The molecule has 0 aliphatic carbocycles. The first kappa shape index (κ1) is 23.5. The standard InChI is InChI=1S/C17H20ClN3O2.C7H7NO/c1-9-13(15(18)21(5)20-9)16(22)19-12-8-6-7-11-14(12)10(2)23-17(11,3)4;8-7(9)6-4-2-1-3-5-6/h6-8,10H,1-5H3,(H,19,22);1-5H,(H2,8,9). The Morgan fingerprint density at radius 2 is 1.81 bits per heavy atom. The Morgan fingerprint density at radius 1 is 1.16 bits per heavy atom. The number of amides is 2. The highest BCUT2D eigenvalue weighted by atomic mass is 35.5. The molecule has 1 unspecified atom stereocenters. The Balaban J connectivity index is 0.000000269. The lowest BCUT2D eigenvalue weighted by Crippen LogP contribution is -2.16. The molecule has 2 amide bonds. The number of carbonyl (C=O) groups is 2. The van der Waals surface area contributed by atoms with Crippen molar-refractivity contribution in [3.8, 4) is 0 Å². The molecule has 1 aliphatic heterocycles. The summed E-state index contributed by atoms with van der Waals surface area (Å²) in [6, 6.07) is 14.6. The quantitative estimate of drug-likeness (QED) is 0.596. The minimum absolute atomic E-state index is 0.0815. The van der Waals surface area contributed by atoms with Crippen LogP contribution in [0.3, 0.4) is 0 Å². The molecule has 168 valence electrons. The van der Waals surface area contributed by atoms with Crippen LogP contribution in [0.25, 0.3) is 0 Å². The van der Waals surface area contributed by atoms with Gasteiger partial charge >= 0.3 is 0 Å². The van der Waals surface area contributed by atoms with E-state index in [4.69, 9.17) is 22.1 Å². The number of nitrogens with two attached hydrogens (primary N) is 1. The number of nitrogens with zero attached hydrogens (tertiary/aromatic N) is 2. The molecule has 1 aromatic heterocycles. The zero-order valence-electron chi connectivity index (χ0n) is 18.8. The third kappa shape index (κ3) is 4.69. The molecule has 4 rings (SSSR count). The molecule has 0 fully saturated rings. The highest BCUT2D eigenvalue weighted by molar-refractivity contribution is 6.33. The molecule has 3 N–H and O–H groups in total. The van der Waals surface area contributed by atoms with Crippen LogP contribution in [0.2, 0.25) is 5.15 Å². The first-order chi connectivity index (χ1) is 15.0. The lowest BCUT2D eigenvalue weighted by molar-refractivity contribution is -0.0433. The van der Waals surface area contributed by atoms with Gasteiger partial charge in [-0.15, -0.1) is 0 Å². The molecule has 7 nitrogen and oxygen atoms in total. The van der Waals surface area contributed by atoms with Gasteiger partial charge in [-0.25, -0.2) is 0 Å². The van der Waals surface area contributed by atoms with Crippen LogP contribution < -0.4 is 11.1 Å². The van der Waals surface area contributed by atoms with Crippen LogP contribution in [0.5, 0.6) is 0 Å². The maximum Gasteiger partial charge on any atom is 0.260 e. The number of nitrogens with one attached hydrogen (secondary N) is 1. The van der Waals surface area contributed by atoms with E-state index in [-0.39, 0.29) is 23.5 Å². The normalized spacial score (nSPS) is 16.0. The van der Waals surface area contributed by atoms with Crippen molar-refractivity contribution in [3.05, 3.63) is 81.6 Å². The monoisotopic (exact) mass is 454 g/mol. The summed E-state index contributed by atoms with van der Waals surface area (Å²) < 4.78 is 7.50. The summed E-state index contributed by atoms with van der Waals surface area (Å²) in [7, 11) is 1.71.